The summed E-state index contributed by atoms with van der Waals surface area (Å²) < 4.78 is 16.2. The van der Waals surface area contributed by atoms with Gasteiger partial charge in [-0.25, -0.2) is 0 Å². The van der Waals surface area contributed by atoms with E-state index in [1.165, 1.54) is 16.8 Å². The SMILES string of the molecule is COc1ccc(-c2noc(CN3CCC(C(=O)N4CCN(c5cccc(C)c5C)CC4)CC3)n2)cc1OC. The molecule has 0 saturated carbocycles. The second-order valence-corrected chi connectivity index (χ2v) is 10.2. The fourth-order valence-electron chi connectivity index (χ4n) is 5.45. The number of anilines is 1. The van der Waals surface area contributed by atoms with Crippen LogP contribution in [0.3, 0.4) is 0 Å². The van der Waals surface area contributed by atoms with Crippen LogP contribution in [0.4, 0.5) is 5.69 Å². The Morgan fingerprint density at radius 2 is 1.71 bits per heavy atom. The minimum absolute atomic E-state index is 0.0866. The summed E-state index contributed by atoms with van der Waals surface area (Å²) in [4.78, 5) is 24.6. The maximum atomic E-state index is 13.3. The second kappa shape index (κ2) is 11.4. The average Bonchev–Trinajstić information content (AvgIpc) is 3.42. The fourth-order valence-corrected chi connectivity index (χ4v) is 5.45. The molecule has 3 aromatic rings. The number of hydrogen-bond donors (Lipinski definition) is 0. The molecule has 2 aromatic carbocycles. The Hall–Kier alpha value is -3.59. The van der Waals surface area contributed by atoms with E-state index in [0.717, 1.165) is 57.7 Å². The molecule has 2 saturated heterocycles. The number of carbonyl (C=O) groups is 1. The number of benzene rings is 2. The highest BCUT2D eigenvalue weighted by molar-refractivity contribution is 5.79. The van der Waals surface area contributed by atoms with Gasteiger partial charge in [-0.05, 0) is 75.2 Å². The van der Waals surface area contributed by atoms with Crippen molar-refractivity contribution in [2.75, 3.05) is 58.4 Å². The van der Waals surface area contributed by atoms with Gasteiger partial charge in [0.15, 0.2) is 11.5 Å². The molecule has 0 unspecified atom stereocenters. The smallest absolute Gasteiger partial charge is 0.241 e. The van der Waals surface area contributed by atoms with Gasteiger partial charge in [-0.15, -0.1) is 0 Å². The first kappa shape index (κ1) is 26.0. The quantitative estimate of drug-likeness (QED) is 0.464. The molecule has 5 rings (SSSR count). The van der Waals surface area contributed by atoms with Gasteiger partial charge in [0.1, 0.15) is 0 Å². The predicted octanol–water partition coefficient (Wildman–Crippen LogP) is 3.93. The standard InChI is InChI=1S/C29H37N5O4/c1-20-6-5-7-24(21(20)2)33-14-16-34(17-15-33)29(35)22-10-12-32(13-11-22)19-27-30-28(31-38-27)23-8-9-25(36-3)26(18-23)37-4/h5-9,18,22H,10-17,19H2,1-4H3. The van der Waals surface area contributed by atoms with Crippen LogP contribution in [0.1, 0.15) is 29.9 Å². The number of aromatic nitrogens is 2. The van der Waals surface area contributed by atoms with E-state index >= 15 is 0 Å². The topological polar surface area (TPSA) is 84.2 Å². The molecular formula is C29H37N5O4. The van der Waals surface area contributed by atoms with Crippen LogP contribution < -0.4 is 14.4 Å². The highest BCUT2D eigenvalue weighted by atomic mass is 16.5. The molecule has 0 radical (unpaired) electrons. The Balaban J connectivity index is 1.11. The molecule has 2 aliphatic rings. The number of amides is 1. The number of carbonyl (C=O) groups excluding carboxylic acids is 1. The summed E-state index contributed by atoms with van der Waals surface area (Å²) in [5.41, 5.74) is 4.74. The summed E-state index contributed by atoms with van der Waals surface area (Å²) in [6.45, 7) is 9.93. The van der Waals surface area contributed by atoms with E-state index in [9.17, 15) is 4.79 Å². The second-order valence-electron chi connectivity index (χ2n) is 10.2. The summed E-state index contributed by atoms with van der Waals surface area (Å²) in [6, 6.07) is 12.0. The van der Waals surface area contributed by atoms with Crippen molar-refractivity contribution >= 4 is 11.6 Å². The Kier molecular flexibility index (Phi) is 7.83. The van der Waals surface area contributed by atoms with Crippen LogP contribution in [0.25, 0.3) is 11.4 Å². The summed E-state index contributed by atoms with van der Waals surface area (Å²) in [5, 5.41) is 4.15. The molecule has 9 heteroatoms. The molecule has 1 amide bonds. The number of likely N-dealkylation sites (tertiary alicyclic amines) is 1. The van der Waals surface area contributed by atoms with E-state index in [2.05, 4.69) is 56.9 Å². The van der Waals surface area contributed by atoms with Gasteiger partial charge in [0.25, 0.3) is 0 Å². The van der Waals surface area contributed by atoms with Crippen molar-refractivity contribution in [2.24, 2.45) is 5.92 Å². The fraction of sp³-hybridized carbons (Fsp3) is 0.483. The van der Waals surface area contributed by atoms with Crippen LogP contribution >= 0.6 is 0 Å². The van der Waals surface area contributed by atoms with Gasteiger partial charge >= 0.3 is 0 Å². The lowest BCUT2D eigenvalue weighted by Crippen LogP contribution is -2.51. The average molecular weight is 520 g/mol. The zero-order valence-corrected chi connectivity index (χ0v) is 22.8. The normalized spacial score (nSPS) is 17.1. The number of hydrogen-bond acceptors (Lipinski definition) is 8. The number of aryl methyl sites for hydroxylation is 1. The van der Waals surface area contributed by atoms with Gasteiger partial charge in [0, 0.05) is 43.3 Å². The van der Waals surface area contributed by atoms with Gasteiger partial charge < -0.3 is 23.8 Å². The van der Waals surface area contributed by atoms with E-state index in [0.29, 0.717) is 35.7 Å². The Morgan fingerprint density at radius 3 is 2.42 bits per heavy atom. The van der Waals surface area contributed by atoms with E-state index in [-0.39, 0.29) is 5.92 Å². The Bertz CT molecular complexity index is 1260. The predicted molar refractivity (Wildman–Crippen MR) is 146 cm³/mol. The number of piperazine rings is 1. The van der Waals surface area contributed by atoms with Gasteiger partial charge in [-0.2, -0.15) is 4.98 Å². The van der Waals surface area contributed by atoms with Crippen LogP contribution in [0.5, 0.6) is 11.5 Å². The summed E-state index contributed by atoms with van der Waals surface area (Å²) >= 11 is 0. The third-order valence-electron chi connectivity index (χ3n) is 7.91. The van der Waals surface area contributed by atoms with Crippen molar-refractivity contribution in [3.63, 3.8) is 0 Å². The van der Waals surface area contributed by atoms with Gasteiger partial charge in [-0.3, -0.25) is 9.69 Å². The molecule has 0 atom stereocenters. The zero-order valence-electron chi connectivity index (χ0n) is 22.8. The molecule has 0 spiro atoms. The van der Waals surface area contributed by atoms with Crippen molar-refractivity contribution in [3.05, 3.63) is 53.4 Å². The van der Waals surface area contributed by atoms with Crippen LogP contribution in [-0.4, -0.2) is 79.3 Å². The van der Waals surface area contributed by atoms with Crippen molar-refractivity contribution in [3.8, 4) is 22.9 Å². The van der Waals surface area contributed by atoms with Crippen LogP contribution in [0.2, 0.25) is 0 Å². The first-order valence-electron chi connectivity index (χ1n) is 13.3. The molecule has 2 aliphatic heterocycles. The minimum atomic E-state index is 0.0866. The molecule has 202 valence electrons. The summed E-state index contributed by atoms with van der Waals surface area (Å²) in [6.07, 6.45) is 1.71. The van der Waals surface area contributed by atoms with Gasteiger partial charge in [0.2, 0.25) is 17.6 Å². The maximum absolute atomic E-state index is 13.3. The largest absolute Gasteiger partial charge is 0.493 e. The minimum Gasteiger partial charge on any atom is -0.493 e. The third-order valence-corrected chi connectivity index (χ3v) is 7.91. The highest BCUT2D eigenvalue weighted by Gasteiger charge is 2.31. The Labute approximate surface area is 224 Å². The number of rotatable bonds is 7. The molecule has 1 aromatic heterocycles. The molecular weight excluding hydrogens is 482 g/mol. The lowest BCUT2D eigenvalue weighted by Gasteiger charge is -2.39. The van der Waals surface area contributed by atoms with E-state index in [4.69, 9.17) is 14.0 Å². The van der Waals surface area contributed by atoms with Crippen LogP contribution in [0, 0.1) is 19.8 Å². The summed E-state index contributed by atoms with van der Waals surface area (Å²) in [5.74, 6) is 2.76. The molecule has 0 aliphatic carbocycles. The lowest BCUT2D eigenvalue weighted by molar-refractivity contribution is -0.137. The van der Waals surface area contributed by atoms with Gasteiger partial charge in [0.05, 0.1) is 20.8 Å². The van der Waals surface area contributed by atoms with Crippen molar-refractivity contribution in [1.82, 2.24) is 19.9 Å². The van der Waals surface area contributed by atoms with Crippen LogP contribution in [0.15, 0.2) is 40.9 Å². The van der Waals surface area contributed by atoms with Gasteiger partial charge in [-0.1, -0.05) is 17.3 Å². The van der Waals surface area contributed by atoms with E-state index in [1.807, 2.05) is 18.2 Å². The molecule has 2 fully saturated rings. The van der Waals surface area contributed by atoms with Crippen molar-refractivity contribution in [2.45, 2.75) is 33.2 Å². The van der Waals surface area contributed by atoms with E-state index < -0.39 is 0 Å². The Morgan fingerprint density at radius 1 is 0.974 bits per heavy atom. The monoisotopic (exact) mass is 519 g/mol. The number of ether oxygens (including phenoxy) is 2. The molecule has 0 bridgehead atoms. The number of methoxy groups -OCH3 is 2. The number of piperidine rings is 1. The molecule has 38 heavy (non-hydrogen) atoms. The van der Waals surface area contributed by atoms with E-state index in [1.54, 1.807) is 14.2 Å². The summed E-state index contributed by atoms with van der Waals surface area (Å²) in [7, 11) is 3.21. The highest BCUT2D eigenvalue weighted by Crippen LogP contribution is 2.31. The zero-order chi connectivity index (χ0) is 26.6. The number of nitrogens with zero attached hydrogens (tertiary/aromatic N) is 5. The maximum Gasteiger partial charge on any atom is 0.241 e. The molecule has 3 heterocycles. The molecule has 9 nitrogen and oxygen atoms in total. The third kappa shape index (κ3) is 5.48. The molecule has 0 N–H and O–H groups in total. The van der Waals surface area contributed by atoms with Crippen molar-refractivity contribution < 1.29 is 18.8 Å². The first-order chi connectivity index (χ1) is 18.5. The van der Waals surface area contributed by atoms with Crippen molar-refractivity contribution in [1.29, 1.82) is 0 Å². The van der Waals surface area contributed by atoms with Crippen LogP contribution in [-0.2, 0) is 11.3 Å². The lowest BCUT2D eigenvalue weighted by atomic mass is 9.95. The first-order valence-corrected chi connectivity index (χ1v) is 13.3.